The van der Waals surface area contributed by atoms with Crippen LogP contribution < -0.4 is 15.4 Å². The van der Waals surface area contributed by atoms with Crippen LogP contribution >= 0.6 is 0 Å². The van der Waals surface area contributed by atoms with Gasteiger partial charge < -0.3 is 24.5 Å². The van der Waals surface area contributed by atoms with Crippen LogP contribution in [0.25, 0.3) is 11.0 Å². The van der Waals surface area contributed by atoms with E-state index in [1.54, 1.807) is 7.11 Å². The molecule has 2 fully saturated rings. The molecule has 0 spiro atoms. The smallest absolute Gasteiger partial charge is 0.287 e. The lowest BCUT2D eigenvalue weighted by Crippen LogP contribution is -2.40. The fourth-order valence-corrected chi connectivity index (χ4v) is 4.37. The molecule has 2 heterocycles. The molecule has 4 rings (SSSR count). The van der Waals surface area contributed by atoms with Crippen LogP contribution in [-0.2, 0) is 11.3 Å². The maximum Gasteiger partial charge on any atom is 0.287 e. The third-order valence-corrected chi connectivity index (χ3v) is 6.15. The van der Waals surface area contributed by atoms with Gasteiger partial charge in [-0.25, -0.2) is 0 Å². The second-order valence-corrected chi connectivity index (χ2v) is 8.22. The van der Waals surface area contributed by atoms with Crippen LogP contribution in [0.1, 0.15) is 48.2 Å². The molecule has 0 unspecified atom stereocenters. The second kappa shape index (κ2) is 10.3. The first kappa shape index (κ1) is 21.2. The first-order valence-corrected chi connectivity index (χ1v) is 11.2. The van der Waals surface area contributed by atoms with Crippen LogP contribution in [0.15, 0.2) is 22.6 Å². The third-order valence-electron chi connectivity index (χ3n) is 6.15. The second-order valence-electron chi connectivity index (χ2n) is 8.22. The van der Waals surface area contributed by atoms with E-state index in [1.807, 2.05) is 18.2 Å². The number of hydrogen-bond donors (Lipinski definition) is 2. The number of benzene rings is 1. The van der Waals surface area contributed by atoms with Crippen molar-refractivity contribution < 1.29 is 18.7 Å². The van der Waals surface area contributed by atoms with Gasteiger partial charge in [0.1, 0.15) is 0 Å². The van der Waals surface area contributed by atoms with Crippen molar-refractivity contribution >= 4 is 16.9 Å². The SMILES string of the molecule is COc1ccc(CNCCN2CCOCC2)c2cc(C(=O)NC3CCCCC3)oc12. The molecule has 2 aromatic rings. The van der Waals surface area contributed by atoms with E-state index in [9.17, 15) is 4.79 Å². The van der Waals surface area contributed by atoms with Gasteiger partial charge >= 0.3 is 0 Å². The Kier molecular flexibility index (Phi) is 7.25. The fourth-order valence-electron chi connectivity index (χ4n) is 4.37. The van der Waals surface area contributed by atoms with Gasteiger partial charge in [-0.3, -0.25) is 9.69 Å². The van der Waals surface area contributed by atoms with E-state index in [2.05, 4.69) is 15.5 Å². The summed E-state index contributed by atoms with van der Waals surface area (Å²) >= 11 is 0. The minimum absolute atomic E-state index is 0.133. The number of morpholine rings is 1. The number of ether oxygens (including phenoxy) is 2. The zero-order valence-corrected chi connectivity index (χ0v) is 17.9. The topological polar surface area (TPSA) is 76.0 Å². The Morgan fingerprint density at radius 2 is 2.00 bits per heavy atom. The van der Waals surface area contributed by atoms with E-state index in [0.29, 0.717) is 23.6 Å². The molecule has 1 saturated heterocycles. The highest BCUT2D eigenvalue weighted by molar-refractivity contribution is 5.98. The van der Waals surface area contributed by atoms with Crippen molar-refractivity contribution in [1.29, 1.82) is 0 Å². The average Bonchev–Trinajstić information content (AvgIpc) is 3.24. The maximum absolute atomic E-state index is 12.8. The summed E-state index contributed by atoms with van der Waals surface area (Å²) in [6.45, 7) is 6.25. The fraction of sp³-hybridized carbons (Fsp3) is 0.609. The molecule has 30 heavy (non-hydrogen) atoms. The minimum Gasteiger partial charge on any atom is -0.493 e. The molecule has 2 N–H and O–H groups in total. The molecule has 1 aliphatic heterocycles. The van der Waals surface area contributed by atoms with Crippen LogP contribution in [0.3, 0.4) is 0 Å². The van der Waals surface area contributed by atoms with Crippen molar-refractivity contribution in [2.45, 2.75) is 44.7 Å². The summed E-state index contributed by atoms with van der Waals surface area (Å²) < 4.78 is 16.8. The molecule has 2 aliphatic rings. The molecule has 0 atom stereocenters. The summed E-state index contributed by atoms with van der Waals surface area (Å²) in [4.78, 5) is 15.2. The average molecular weight is 416 g/mol. The third kappa shape index (κ3) is 5.14. The van der Waals surface area contributed by atoms with Crippen LogP contribution in [0.2, 0.25) is 0 Å². The van der Waals surface area contributed by atoms with Gasteiger partial charge in [-0.2, -0.15) is 0 Å². The largest absolute Gasteiger partial charge is 0.493 e. The number of nitrogens with one attached hydrogen (secondary N) is 2. The van der Waals surface area contributed by atoms with Gasteiger partial charge in [0, 0.05) is 44.2 Å². The molecule has 1 aromatic heterocycles. The molecular formula is C23H33N3O4. The van der Waals surface area contributed by atoms with Crippen molar-refractivity contribution in [3.8, 4) is 5.75 Å². The maximum atomic E-state index is 12.8. The predicted molar refractivity (Wildman–Crippen MR) is 116 cm³/mol. The Bertz CT molecular complexity index is 838. The number of fused-ring (bicyclic) bond motifs is 1. The van der Waals surface area contributed by atoms with Gasteiger partial charge in [0.15, 0.2) is 17.1 Å². The van der Waals surface area contributed by atoms with Gasteiger partial charge in [-0.15, -0.1) is 0 Å². The van der Waals surface area contributed by atoms with Crippen LogP contribution in [0.5, 0.6) is 5.75 Å². The number of amides is 1. The summed E-state index contributed by atoms with van der Waals surface area (Å²) in [6, 6.07) is 6.06. The van der Waals surface area contributed by atoms with Gasteiger partial charge in [0.05, 0.1) is 20.3 Å². The Labute approximate surface area is 178 Å². The lowest BCUT2D eigenvalue weighted by Gasteiger charge is -2.26. The molecule has 1 saturated carbocycles. The standard InChI is InChI=1S/C23H33N3O4/c1-28-20-8-7-17(16-24-9-10-26-11-13-29-14-12-26)19-15-21(30-22(19)20)23(27)25-18-5-3-2-4-6-18/h7-8,15,18,24H,2-6,9-14,16H2,1H3,(H,25,27). The van der Waals surface area contributed by atoms with E-state index in [-0.39, 0.29) is 11.9 Å². The zero-order chi connectivity index (χ0) is 20.8. The first-order valence-electron chi connectivity index (χ1n) is 11.2. The molecule has 7 heteroatoms. The molecule has 1 aromatic carbocycles. The minimum atomic E-state index is -0.133. The Hall–Kier alpha value is -2.09. The number of carbonyl (C=O) groups is 1. The predicted octanol–water partition coefficient (Wildman–Crippen LogP) is 2.93. The van der Waals surface area contributed by atoms with E-state index >= 15 is 0 Å². The zero-order valence-electron chi connectivity index (χ0n) is 17.9. The van der Waals surface area contributed by atoms with Gasteiger partial charge in [0.25, 0.3) is 5.91 Å². The quantitative estimate of drug-likeness (QED) is 0.646. The Morgan fingerprint density at radius 3 is 2.77 bits per heavy atom. The Morgan fingerprint density at radius 1 is 1.20 bits per heavy atom. The number of carbonyl (C=O) groups excluding carboxylic acids is 1. The molecular weight excluding hydrogens is 382 g/mol. The number of hydrogen-bond acceptors (Lipinski definition) is 6. The Balaban J connectivity index is 1.41. The van der Waals surface area contributed by atoms with Crippen LogP contribution in [-0.4, -0.2) is 63.4 Å². The van der Waals surface area contributed by atoms with E-state index in [1.165, 1.54) is 19.3 Å². The highest BCUT2D eigenvalue weighted by Gasteiger charge is 2.21. The van der Waals surface area contributed by atoms with Crippen LogP contribution in [0, 0.1) is 0 Å². The van der Waals surface area contributed by atoms with Gasteiger partial charge in [0.2, 0.25) is 0 Å². The van der Waals surface area contributed by atoms with E-state index < -0.39 is 0 Å². The van der Waals surface area contributed by atoms with Gasteiger partial charge in [-0.1, -0.05) is 25.3 Å². The number of nitrogens with zero attached hydrogens (tertiary/aromatic N) is 1. The summed E-state index contributed by atoms with van der Waals surface area (Å²) in [6.07, 6.45) is 5.72. The molecule has 1 aliphatic carbocycles. The summed E-state index contributed by atoms with van der Waals surface area (Å²) in [7, 11) is 1.62. The molecule has 0 radical (unpaired) electrons. The lowest BCUT2D eigenvalue weighted by atomic mass is 9.95. The van der Waals surface area contributed by atoms with E-state index in [0.717, 1.165) is 63.2 Å². The summed E-state index contributed by atoms with van der Waals surface area (Å²) in [5.74, 6) is 0.875. The molecule has 7 nitrogen and oxygen atoms in total. The first-order chi connectivity index (χ1) is 14.7. The van der Waals surface area contributed by atoms with Crippen molar-refractivity contribution in [3.05, 3.63) is 29.5 Å². The van der Waals surface area contributed by atoms with Crippen molar-refractivity contribution in [2.75, 3.05) is 46.5 Å². The summed E-state index contributed by atoms with van der Waals surface area (Å²) in [5.41, 5.74) is 1.74. The normalized spacial score (nSPS) is 18.6. The highest BCUT2D eigenvalue weighted by atomic mass is 16.5. The lowest BCUT2D eigenvalue weighted by molar-refractivity contribution is 0.0384. The van der Waals surface area contributed by atoms with E-state index in [4.69, 9.17) is 13.9 Å². The number of rotatable bonds is 8. The van der Waals surface area contributed by atoms with Crippen molar-refractivity contribution in [2.24, 2.45) is 0 Å². The number of methoxy groups -OCH3 is 1. The summed E-state index contributed by atoms with van der Waals surface area (Å²) in [5, 5.41) is 7.59. The monoisotopic (exact) mass is 415 g/mol. The highest BCUT2D eigenvalue weighted by Crippen LogP contribution is 2.32. The van der Waals surface area contributed by atoms with Crippen molar-refractivity contribution in [3.63, 3.8) is 0 Å². The number of furan rings is 1. The van der Waals surface area contributed by atoms with Gasteiger partial charge in [-0.05, 0) is 30.5 Å². The van der Waals surface area contributed by atoms with Crippen molar-refractivity contribution in [1.82, 2.24) is 15.5 Å². The molecule has 1 amide bonds. The van der Waals surface area contributed by atoms with Crippen LogP contribution in [0.4, 0.5) is 0 Å². The molecule has 0 bridgehead atoms. The molecule has 164 valence electrons.